The van der Waals surface area contributed by atoms with Crippen molar-refractivity contribution in [3.63, 3.8) is 0 Å². The molecular formula is C13H15F3O2. The third-order valence-corrected chi connectivity index (χ3v) is 2.28. The number of para-hydroxylation sites is 1. The molecule has 0 saturated heterocycles. The Morgan fingerprint density at radius 1 is 1.28 bits per heavy atom. The predicted molar refractivity (Wildman–Crippen MR) is 61.8 cm³/mol. The van der Waals surface area contributed by atoms with E-state index in [1.807, 2.05) is 6.92 Å². The average molecular weight is 260 g/mol. The summed E-state index contributed by atoms with van der Waals surface area (Å²) in [6, 6.07) is 6.38. The van der Waals surface area contributed by atoms with E-state index in [4.69, 9.17) is 4.74 Å². The van der Waals surface area contributed by atoms with Crippen LogP contribution in [-0.2, 0) is 0 Å². The normalized spacial score (nSPS) is 11.3. The molecule has 1 aromatic rings. The van der Waals surface area contributed by atoms with Gasteiger partial charge in [-0.15, -0.1) is 0 Å². The maximum Gasteiger partial charge on any atom is 0.389 e. The van der Waals surface area contributed by atoms with E-state index < -0.39 is 24.8 Å². The van der Waals surface area contributed by atoms with Crippen LogP contribution in [0.3, 0.4) is 0 Å². The zero-order valence-corrected chi connectivity index (χ0v) is 10.1. The van der Waals surface area contributed by atoms with Crippen molar-refractivity contribution in [1.82, 2.24) is 0 Å². The Labute approximate surface area is 104 Å². The minimum atomic E-state index is -4.31. The maximum absolute atomic E-state index is 12.1. The van der Waals surface area contributed by atoms with E-state index >= 15 is 0 Å². The van der Waals surface area contributed by atoms with Crippen molar-refractivity contribution in [1.29, 1.82) is 0 Å². The lowest BCUT2D eigenvalue weighted by Crippen LogP contribution is -2.12. The van der Waals surface area contributed by atoms with Gasteiger partial charge in [0.2, 0.25) is 0 Å². The van der Waals surface area contributed by atoms with Gasteiger partial charge < -0.3 is 4.74 Å². The number of carbonyl (C=O) groups is 1. The minimum absolute atomic E-state index is 0.218. The second-order valence-electron chi connectivity index (χ2n) is 3.88. The van der Waals surface area contributed by atoms with Gasteiger partial charge in [0.25, 0.3) is 0 Å². The van der Waals surface area contributed by atoms with Gasteiger partial charge in [0.05, 0.1) is 18.6 Å². The van der Waals surface area contributed by atoms with Crippen LogP contribution in [0.25, 0.3) is 0 Å². The van der Waals surface area contributed by atoms with Gasteiger partial charge in [-0.05, 0) is 18.6 Å². The van der Waals surface area contributed by atoms with E-state index in [-0.39, 0.29) is 5.56 Å². The fourth-order valence-corrected chi connectivity index (χ4v) is 1.42. The molecule has 0 aliphatic rings. The van der Waals surface area contributed by atoms with Crippen LogP contribution in [0.15, 0.2) is 24.3 Å². The number of Topliss-reactive ketones (excluding diaryl/α,β-unsaturated/α-hetero) is 1. The Morgan fingerprint density at radius 2 is 1.94 bits per heavy atom. The Morgan fingerprint density at radius 3 is 2.56 bits per heavy atom. The molecule has 0 spiro atoms. The Hall–Kier alpha value is -1.52. The molecular weight excluding hydrogens is 245 g/mol. The molecule has 2 nitrogen and oxygen atoms in total. The lowest BCUT2D eigenvalue weighted by molar-refractivity contribution is -0.133. The molecule has 5 heteroatoms. The predicted octanol–water partition coefficient (Wildman–Crippen LogP) is 4.00. The van der Waals surface area contributed by atoms with E-state index in [9.17, 15) is 18.0 Å². The molecule has 0 amide bonds. The highest BCUT2D eigenvalue weighted by Gasteiger charge is 2.28. The fourth-order valence-electron chi connectivity index (χ4n) is 1.42. The standard InChI is InChI=1S/C13H15F3O2/c1-2-9-18-12-6-4-3-5-10(12)11(17)7-8-13(14,15)16/h3-6H,2,7-9H2,1H3. The second kappa shape index (κ2) is 6.42. The summed E-state index contributed by atoms with van der Waals surface area (Å²) in [7, 11) is 0. The van der Waals surface area contributed by atoms with E-state index in [0.29, 0.717) is 12.4 Å². The summed E-state index contributed by atoms with van der Waals surface area (Å²) in [5, 5.41) is 0. The van der Waals surface area contributed by atoms with E-state index in [1.54, 1.807) is 18.2 Å². The topological polar surface area (TPSA) is 26.3 Å². The smallest absolute Gasteiger partial charge is 0.389 e. The summed E-state index contributed by atoms with van der Waals surface area (Å²) in [5.41, 5.74) is 0.218. The van der Waals surface area contributed by atoms with Crippen molar-refractivity contribution >= 4 is 5.78 Å². The summed E-state index contributed by atoms with van der Waals surface area (Å²) in [6.45, 7) is 2.34. The summed E-state index contributed by atoms with van der Waals surface area (Å²) in [4.78, 5) is 11.7. The largest absolute Gasteiger partial charge is 0.493 e. The minimum Gasteiger partial charge on any atom is -0.493 e. The molecule has 0 N–H and O–H groups in total. The van der Waals surface area contributed by atoms with Crippen LogP contribution in [0.1, 0.15) is 36.5 Å². The summed E-state index contributed by atoms with van der Waals surface area (Å²) >= 11 is 0. The summed E-state index contributed by atoms with van der Waals surface area (Å²) in [6.07, 6.45) is -5.19. The highest BCUT2D eigenvalue weighted by Crippen LogP contribution is 2.25. The highest BCUT2D eigenvalue weighted by molar-refractivity contribution is 5.98. The molecule has 0 radical (unpaired) electrons. The van der Waals surface area contributed by atoms with E-state index in [0.717, 1.165) is 6.42 Å². The van der Waals surface area contributed by atoms with Gasteiger partial charge in [0.15, 0.2) is 5.78 Å². The molecule has 0 atom stereocenters. The quantitative estimate of drug-likeness (QED) is 0.722. The molecule has 0 unspecified atom stereocenters. The number of hydrogen-bond acceptors (Lipinski definition) is 2. The maximum atomic E-state index is 12.1. The van der Waals surface area contributed by atoms with E-state index in [2.05, 4.69) is 0 Å². The zero-order valence-electron chi connectivity index (χ0n) is 10.1. The van der Waals surface area contributed by atoms with Crippen molar-refractivity contribution in [2.75, 3.05) is 6.61 Å². The van der Waals surface area contributed by atoms with Crippen molar-refractivity contribution in [3.05, 3.63) is 29.8 Å². The molecule has 0 saturated carbocycles. The fraction of sp³-hybridized carbons (Fsp3) is 0.462. The third kappa shape index (κ3) is 4.77. The van der Waals surface area contributed by atoms with Crippen LogP contribution >= 0.6 is 0 Å². The van der Waals surface area contributed by atoms with Crippen molar-refractivity contribution in [3.8, 4) is 5.75 Å². The molecule has 1 rings (SSSR count). The first-order valence-corrected chi connectivity index (χ1v) is 5.76. The van der Waals surface area contributed by atoms with Gasteiger partial charge in [-0.2, -0.15) is 13.2 Å². The Bertz CT molecular complexity index is 399. The Balaban J connectivity index is 2.72. The average Bonchev–Trinajstić information content (AvgIpc) is 2.33. The first kappa shape index (κ1) is 14.5. The molecule has 0 aliphatic heterocycles. The van der Waals surface area contributed by atoms with Gasteiger partial charge in [-0.1, -0.05) is 19.1 Å². The van der Waals surface area contributed by atoms with Crippen LogP contribution in [0.4, 0.5) is 13.2 Å². The highest BCUT2D eigenvalue weighted by atomic mass is 19.4. The lowest BCUT2D eigenvalue weighted by atomic mass is 10.1. The SMILES string of the molecule is CCCOc1ccccc1C(=O)CCC(F)(F)F. The number of ether oxygens (including phenoxy) is 1. The molecule has 0 fully saturated rings. The van der Waals surface area contributed by atoms with Crippen LogP contribution in [0.5, 0.6) is 5.75 Å². The van der Waals surface area contributed by atoms with Gasteiger partial charge >= 0.3 is 6.18 Å². The molecule has 100 valence electrons. The number of halogens is 3. The van der Waals surface area contributed by atoms with Crippen molar-refractivity contribution < 1.29 is 22.7 Å². The van der Waals surface area contributed by atoms with Gasteiger partial charge in [0, 0.05) is 6.42 Å². The van der Waals surface area contributed by atoms with Crippen molar-refractivity contribution in [2.24, 2.45) is 0 Å². The van der Waals surface area contributed by atoms with Crippen LogP contribution in [0, 0.1) is 0 Å². The Kier molecular flexibility index (Phi) is 5.19. The monoisotopic (exact) mass is 260 g/mol. The van der Waals surface area contributed by atoms with Crippen LogP contribution in [0.2, 0.25) is 0 Å². The lowest BCUT2D eigenvalue weighted by Gasteiger charge is -2.10. The molecule has 1 aromatic carbocycles. The van der Waals surface area contributed by atoms with Crippen LogP contribution < -0.4 is 4.74 Å². The molecule has 0 aliphatic carbocycles. The number of hydrogen-bond donors (Lipinski definition) is 0. The number of ketones is 1. The summed E-state index contributed by atoms with van der Waals surface area (Å²) < 4.78 is 41.5. The molecule has 0 aromatic heterocycles. The third-order valence-electron chi connectivity index (χ3n) is 2.28. The molecule has 18 heavy (non-hydrogen) atoms. The number of carbonyl (C=O) groups excluding carboxylic acids is 1. The van der Waals surface area contributed by atoms with Crippen molar-refractivity contribution in [2.45, 2.75) is 32.4 Å². The first-order chi connectivity index (χ1) is 8.44. The molecule has 0 heterocycles. The van der Waals surface area contributed by atoms with Gasteiger partial charge in [-0.25, -0.2) is 0 Å². The number of benzene rings is 1. The first-order valence-electron chi connectivity index (χ1n) is 5.76. The summed E-state index contributed by atoms with van der Waals surface area (Å²) in [5.74, 6) is -0.189. The second-order valence-corrected chi connectivity index (χ2v) is 3.88. The van der Waals surface area contributed by atoms with E-state index in [1.165, 1.54) is 6.07 Å². The number of alkyl halides is 3. The zero-order chi connectivity index (χ0) is 13.6. The molecule has 0 bridgehead atoms. The number of rotatable bonds is 6. The van der Waals surface area contributed by atoms with Crippen LogP contribution in [-0.4, -0.2) is 18.6 Å². The van der Waals surface area contributed by atoms with Gasteiger partial charge in [0.1, 0.15) is 5.75 Å². The van der Waals surface area contributed by atoms with Gasteiger partial charge in [-0.3, -0.25) is 4.79 Å².